The van der Waals surface area contributed by atoms with Crippen LogP contribution in [0.5, 0.6) is 0 Å². The van der Waals surface area contributed by atoms with Gasteiger partial charge in [-0.05, 0) is 71.7 Å². The molecule has 39 heavy (non-hydrogen) atoms. The van der Waals surface area contributed by atoms with Crippen molar-refractivity contribution in [3.8, 4) is 0 Å². The molecule has 0 bridgehead atoms. The predicted octanol–water partition coefficient (Wildman–Crippen LogP) is 7.02. The molecule has 4 rings (SSSR count). The molecule has 0 radical (unpaired) electrons. The number of rotatable bonds is 6. The molecule has 1 atom stereocenters. The van der Waals surface area contributed by atoms with Gasteiger partial charge in [-0.15, -0.1) is 5.10 Å². The molecule has 11 heteroatoms. The minimum absolute atomic E-state index is 0.126. The van der Waals surface area contributed by atoms with Crippen LogP contribution in [-0.4, -0.2) is 62.2 Å². The molecule has 0 saturated carbocycles. The van der Waals surface area contributed by atoms with Gasteiger partial charge in [0.1, 0.15) is 0 Å². The zero-order valence-corrected chi connectivity index (χ0v) is 25.1. The Morgan fingerprint density at radius 3 is 2.21 bits per heavy atom. The van der Waals surface area contributed by atoms with Crippen LogP contribution >= 0.6 is 34.8 Å². The molecule has 8 nitrogen and oxygen atoms in total. The Bertz CT molecular complexity index is 1320. The van der Waals surface area contributed by atoms with Gasteiger partial charge in [0.05, 0.1) is 11.6 Å². The van der Waals surface area contributed by atoms with Crippen LogP contribution in [0.1, 0.15) is 52.0 Å². The number of tetrazole rings is 1. The number of carbonyl (C=O) groups excluding carboxylic acids is 1. The van der Waals surface area contributed by atoms with Crippen molar-refractivity contribution in [3.05, 3.63) is 75.0 Å². The molecule has 208 valence electrons. The molecule has 1 N–H and O–H groups in total. The second-order valence-corrected chi connectivity index (χ2v) is 12.5. The van der Waals surface area contributed by atoms with Crippen molar-refractivity contribution in [3.63, 3.8) is 0 Å². The fraction of sp³-hybridized carbons (Fsp3) is 0.429. The number of benzene rings is 2. The van der Waals surface area contributed by atoms with Crippen LogP contribution < -0.4 is 5.32 Å². The summed E-state index contributed by atoms with van der Waals surface area (Å²) in [5.41, 5.74) is 0.927. The average Bonchev–Trinajstić information content (AvgIpc) is 3.36. The maximum absolute atomic E-state index is 12.8. The number of nitrogens with zero attached hydrogens (tertiary/aromatic N) is 6. The second kappa shape index (κ2) is 11.8. The van der Waals surface area contributed by atoms with Crippen LogP contribution in [0.2, 0.25) is 15.1 Å². The first-order valence-corrected chi connectivity index (χ1v) is 14.0. The summed E-state index contributed by atoms with van der Waals surface area (Å²) in [5, 5.41) is 17.7. The number of urea groups is 1. The lowest BCUT2D eigenvalue weighted by atomic mass is 9.85. The Kier molecular flexibility index (Phi) is 8.91. The topological polar surface area (TPSA) is 79.2 Å². The van der Waals surface area contributed by atoms with E-state index in [9.17, 15) is 4.79 Å². The van der Waals surface area contributed by atoms with Gasteiger partial charge in [-0.3, -0.25) is 4.90 Å². The molecule has 0 unspecified atom stereocenters. The number of hydrogen-bond donors (Lipinski definition) is 1. The molecule has 2 heterocycles. The molecule has 2 amide bonds. The highest BCUT2D eigenvalue weighted by Gasteiger charge is 2.39. The van der Waals surface area contributed by atoms with E-state index in [0.29, 0.717) is 46.9 Å². The molecule has 0 spiro atoms. The molecule has 1 fully saturated rings. The monoisotopic (exact) mass is 589 g/mol. The average molecular weight is 591 g/mol. The normalized spacial score (nSPS) is 16.1. The van der Waals surface area contributed by atoms with Gasteiger partial charge in [0.25, 0.3) is 0 Å². The Morgan fingerprint density at radius 1 is 0.949 bits per heavy atom. The number of anilines is 1. The third kappa shape index (κ3) is 6.92. The van der Waals surface area contributed by atoms with Crippen molar-refractivity contribution in [2.24, 2.45) is 5.41 Å². The van der Waals surface area contributed by atoms with Gasteiger partial charge in [-0.25, -0.2) is 9.48 Å². The third-order valence-electron chi connectivity index (χ3n) is 7.06. The van der Waals surface area contributed by atoms with Crippen molar-refractivity contribution >= 4 is 52.6 Å². The second-order valence-electron chi connectivity index (χ2n) is 11.3. The number of allylic oxidation sites excluding steroid dienone is 1. The molecule has 0 aliphatic carbocycles. The van der Waals surface area contributed by atoms with E-state index in [4.69, 9.17) is 34.8 Å². The van der Waals surface area contributed by atoms with Gasteiger partial charge in [0, 0.05) is 46.9 Å². The lowest BCUT2D eigenvalue weighted by molar-refractivity contribution is 0.0537. The Balaban J connectivity index is 1.49. The summed E-state index contributed by atoms with van der Waals surface area (Å²) in [6, 6.07) is 12.3. The van der Waals surface area contributed by atoms with E-state index < -0.39 is 5.54 Å². The number of amides is 2. The predicted molar refractivity (Wildman–Crippen MR) is 158 cm³/mol. The van der Waals surface area contributed by atoms with Crippen LogP contribution in [0, 0.1) is 5.41 Å². The number of hydrogen-bond acceptors (Lipinski definition) is 5. The maximum Gasteiger partial charge on any atom is 0.321 e. The van der Waals surface area contributed by atoms with Crippen molar-refractivity contribution in [1.82, 2.24) is 30.0 Å². The van der Waals surface area contributed by atoms with Crippen molar-refractivity contribution < 1.29 is 4.79 Å². The summed E-state index contributed by atoms with van der Waals surface area (Å²) >= 11 is 18.4. The molecule has 2 aromatic carbocycles. The summed E-state index contributed by atoms with van der Waals surface area (Å²) in [6.45, 7) is 13.3. The zero-order valence-electron chi connectivity index (χ0n) is 22.8. The van der Waals surface area contributed by atoms with Crippen LogP contribution in [0.15, 0.2) is 48.5 Å². The van der Waals surface area contributed by atoms with Gasteiger partial charge in [-0.2, -0.15) is 0 Å². The standard InChI is InChI=1S/C28H34Cl3N7O/c1-27(2,3)24(13-7-19-6-8-21(30)18-23(19)31)38-25(33-34-35-38)28(4,5)37-16-14-36(15-17-37)26(39)32-22-11-9-20(29)10-12-22/h6-13,18,24H,14-17H2,1-5H3,(H,32,39)/b13-7+/t24-/m1/s1. The lowest BCUT2D eigenvalue weighted by Gasteiger charge is -2.43. The molecule has 1 aromatic heterocycles. The Morgan fingerprint density at radius 2 is 1.59 bits per heavy atom. The highest BCUT2D eigenvalue weighted by atomic mass is 35.5. The number of piperazine rings is 1. The smallest absolute Gasteiger partial charge is 0.321 e. The largest absolute Gasteiger partial charge is 0.322 e. The van der Waals surface area contributed by atoms with Gasteiger partial charge >= 0.3 is 6.03 Å². The third-order valence-corrected chi connectivity index (χ3v) is 7.88. The molecular formula is C28H34Cl3N7O. The van der Waals surface area contributed by atoms with Crippen LogP contribution in [0.25, 0.3) is 6.08 Å². The summed E-state index contributed by atoms with van der Waals surface area (Å²) < 4.78 is 1.90. The SMILES string of the molecule is CC(C)(C)[C@@H](/C=C/c1ccc(Cl)cc1Cl)n1nnnc1C(C)(C)N1CCN(C(=O)Nc2ccc(Cl)cc2)CC1. The molecule has 3 aromatic rings. The van der Waals surface area contributed by atoms with Gasteiger partial charge in [0.2, 0.25) is 0 Å². The Labute approximate surface area is 244 Å². The maximum atomic E-state index is 12.8. The number of halogens is 3. The zero-order chi connectivity index (χ0) is 28.4. The summed E-state index contributed by atoms with van der Waals surface area (Å²) in [4.78, 5) is 17.0. The Hall–Kier alpha value is -2.65. The van der Waals surface area contributed by atoms with E-state index in [-0.39, 0.29) is 17.5 Å². The first-order chi connectivity index (χ1) is 18.4. The molecular weight excluding hydrogens is 557 g/mol. The summed E-state index contributed by atoms with van der Waals surface area (Å²) in [7, 11) is 0. The van der Waals surface area contributed by atoms with Crippen LogP contribution in [0.3, 0.4) is 0 Å². The van der Waals surface area contributed by atoms with Crippen LogP contribution in [0.4, 0.5) is 10.5 Å². The van der Waals surface area contributed by atoms with E-state index in [1.165, 1.54) is 0 Å². The number of aromatic nitrogens is 4. The van der Waals surface area contributed by atoms with E-state index in [2.05, 4.69) is 66.4 Å². The summed E-state index contributed by atoms with van der Waals surface area (Å²) in [6.07, 6.45) is 4.08. The lowest BCUT2D eigenvalue weighted by Crippen LogP contribution is -2.56. The minimum atomic E-state index is -0.475. The summed E-state index contributed by atoms with van der Waals surface area (Å²) in [5.74, 6) is 0.758. The van der Waals surface area contributed by atoms with Crippen molar-refractivity contribution in [1.29, 1.82) is 0 Å². The van der Waals surface area contributed by atoms with E-state index in [0.717, 1.165) is 11.4 Å². The van der Waals surface area contributed by atoms with E-state index in [1.54, 1.807) is 30.3 Å². The highest BCUT2D eigenvalue weighted by Crippen LogP contribution is 2.36. The highest BCUT2D eigenvalue weighted by molar-refractivity contribution is 6.35. The van der Waals surface area contributed by atoms with Crippen LogP contribution in [-0.2, 0) is 5.54 Å². The number of carbonyl (C=O) groups is 1. The number of nitrogens with one attached hydrogen (secondary N) is 1. The van der Waals surface area contributed by atoms with Crippen molar-refractivity contribution in [2.45, 2.75) is 46.2 Å². The first-order valence-electron chi connectivity index (χ1n) is 12.8. The molecule has 1 aliphatic heterocycles. The van der Waals surface area contributed by atoms with Crippen molar-refractivity contribution in [2.75, 3.05) is 31.5 Å². The van der Waals surface area contributed by atoms with Gasteiger partial charge in [0.15, 0.2) is 5.82 Å². The van der Waals surface area contributed by atoms with E-state index >= 15 is 0 Å². The first kappa shape index (κ1) is 29.3. The quantitative estimate of drug-likeness (QED) is 0.334. The molecule has 1 saturated heterocycles. The van der Waals surface area contributed by atoms with Gasteiger partial charge < -0.3 is 10.2 Å². The fourth-order valence-corrected chi connectivity index (χ4v) is 5.30. The molecule has 1 aliphatic rings. The minimum Gasteiger partial charge on any atom is -0.322 e. The fourth-order valence-electron chi connectivity index (χ4n) is 4.70. The van der Waals surface area contributed by atoms with E-state index in [1.807, 2.05) is 27.8 Å². The van der Waals surface area contributed by atoms with Gasteiger partial charge in [-0.1, -0.05) is 73.8 Å².